The Kier molecular flexibility index (Phi) is 4.83. The van der Waals surface area contributed by atoms with Crippen LogP contribution in [0, 0.1) is 11.3 Å². The molecule has 3 atom stereocenters. The third-order valence-corrected chi connectivity index (χ3v) is 5.83. The fraction of sp³-hybridized carbons (Fsp3) is 0.556. The van der Waals surface area contributed by atoms with Gasteiger partial charge in [0.05, 0.1) is 18.0 Å². The van der Waals surface area contributed by atoms with Crippen molar-refractivity contribution >= 4 is 23.5 Å². The van der Waals surface area contributed by atoms with E-state index in [-0.39, 0.29) is 24.4 Å². The fourth-order valence-electron chi connectivity index (χ4n) is 4.26. The summed E-state index contributed by atoms with van der Waals surface area (Å²) in [6, 6.07) is 7.27. The molecule has 0 bridgehead atoms. The number of amides is 1. The Morgan fingerprint density at radius 3 is 2.88 bits per heavy atom. The number of carbonyl (C=O) groups excluding carboxylic acids is 1. The molecule has 6 heteroatoms. The number of nitrogens with zero attached hydrogens (tertiary/aromatic N) is 1. The molecule has 130 valence electrons. The van der Waals surface area contributed by atoms with E-state index in [4.69, 9.17) is 11.6 Å². The fourth-order valence-corrected chi connectivity index (χ4v) is 4.56. The largest absolute Gasteiger partial charge is 0.481 e. The number of hydrogen-bond donors (Lipinski definition) is 2. The van der Waals surface area contributed by atoms with E-state index in [0.717, 1.165) is 24.8 Å². The Hall–Kier alpha value is -1.59. The van der Waals surface area contributed by atoms with Gasteiger partial charge in [0, 0.05) is 18.1 Å². The van der Waals surface area contributed by atoms with Gasteiger partial charge in [0.15, 0.2) is 0 Å². The molecule has 1 amide bonds. The number of carboxylic acid groups (broad SMARTS) is 1. The molecule has 1 aliphatic carbocycles. The molecule has 0 radical (unpaired) electrons. The molecular weight excluding hydrogens is 328 g/mol. The predicted octanol–water partition coefficient (Wildman–Crippen LogP) is 2.70. The normalized spacial score (nSPS) is 27.7. The Morgan fingerprint density at radius 1 is 1.46 bits per heavy atom. The maximum Gasteiger partial charge on any atom is 0.311 e. The van der Waals surface area contributed by atoms with Gasteiger partial charge in [0.25, 0.3) is 0 Å². The van der Waals surface area contributed by atoms with Gasteiger partial charge in [0.1, 0.15) is 0 Å². The molecule has 1 unspecified atom stereocenters. The van der Waals surface area contributed by atoms with Crippen LogP contribution >= 0.6 is 11.6 Å². The van der Waals surface area contributed by atoms with E-state index in [9.17, 15) is 14.7 Å². The first-order valence-corrected chi connectivity index (χ1v) is 8.80. The lowest BCUT2D eigenvalue weighted by Gasteiger charge is -2.23. The zero-order chi connectivity index (χ0) is 17.3. The number of carbonyl (C=O) groups is 2. The molecule has 1 saturated heterocycles. The molecule has 5 nitrogen and oxygen atoms in total. The van der Waals surface area contributed by atoms with Gasteiger partial charge in [0.2, 0.25) is 5.91 Å². The van der Waals surface area contributed by atoms with Crippen LogP contribution in [-0.2, 0) is 9.59 Å². The van der Waals surface area contributed by atoms with Crippen LogP contribution in [0.5, 0.6) is 0 Å². The Balaban J connectivity index is 1.58. The van der Waals surface area contributed by atoms with Gasteiger partial charge in [-0.25, -0.2) is 0 Å². The van der Waals surface area contributed by atoms with Crippen molar-refractivity contribution in [2.45, 2.75) is 32.2 Å². The molecule has 1 saturated carbocycles. The second-order valence-electron chi connectivity index (χ2n) is 7.03. The SMILES string of the molecule is CC(NC(=O)CN1C[C@@H]2CCC[C@@]2(C(=O)O)C1)c1ccccc1Cl. The van der Waals surface area contributed by atoms with E-state index in [1.54, 1.807) is 6.07 Å². The van der Waals surface area contributed by atoms with Crippen LogP contribution in [-0.4, -0.2) is 41.5 Å². The molecule has 0 aromatic heterocycles. The number of aliphatic carboxylic acids is 1. The molecule has 3 rings (SSSR count). The monoisotopic (exact) mass is 350 g/mol. The van der Waals surface area contributed by atoms with Gasteiger partial charge in [-0.3, -0.25) is 14.5 Å². The van der Waals surface area contributed by atoms with Gasteiger partial charge in [-0.2, -0.15) is 0 Å². The number of carboxylic acids is 1. The van der Waals surface area contributed by atoms with E-state index in [2.05, 4.69) is 5.32 Å². The summed E-state index contributed by atoms with van der Waals surface area (Å²) in [4.78, 5) is 26.0. The molecular formula is C18H23ClN2O3. The van der Waals surface area contributed by atoms with E-state index in [1.807, 2.05) is 30.0 Å². The summed E-state index contributed by atoms with van der Waals surface area (Å²) in [5.74, 6) is -0.635. The molecule has 1 aromatic carbocycles. The highest BCUT2D eigenvalue weighted by Gasteiger charge is 2.54. The maximum atomic E-state index is 12.3. The van der Waals surface area contributed by atoms with Gasteiger partial charge >= 0.3 is 5.97 Å². The van der Waals surface area contributed by atoms with E-state index in [0.29, 0.717) is 18.1 Å². The van der Waals surface area contributed by atoms with Crippen molar-refractivity contribution in [2.75, 3.05) is 19.6 Å². The molecule has 1 heterocycles. The van der Waals surface area contributed by atoms with Crippen LogP contribution in [0.4, 0.5) is 0 Å². The molecule has 2 fully saturated rings. The summed E-state index contributed by atoms with van der Waals surface area (Å²) >= 11 is 6.16. The van der Waals surface area contributed by atoms with Gasteiger partial charge in [-0.15, -0.1) is 0 Å². The van der Waals surface area contributed by atoms with Crippen LogP contribution in [0.2, 0.25) is 5.02 Å². The molecule has 2 aliphatic rings. The van der Waals surface area contributed by atoms with Crippen LogP contribution < -0.4 is 5.32 Å². The van der Waals surface area contributed by atoms with Crippen LogP contribution in [0.15, 0.2) is 24.3 Å². The van der Waals surface area contributed by atoms with E-state index in [1.165, 1.54) is 0 Å². The minimum absolute atomic E-state index is 0.0945. The molecule has 1 aromatic rings. The first-order chi connectivity index (χ1) is 11.4. The van der Waals surface area contributed by atoms with Gasteiger partial charge in [-0.05, 0) is 37.3 Å². The zero-order valence-electron chi connectivity index (χ0n) is 13.8. The molecule has 2 N–H and O–H groups in total. The molecule has 0 spiro atoms. The molecule has 24 heavy (non-hydrogen) atoms. The highest BCUT2D eigenvalue weighted by Crippen LogP contribution is 2.48. The van der Waals surface area contributed by atoms with E-state index < -0.39 is 11.4 Å². The number of rotatable bonds is 5. The second kappa shape index (κ2) is 6.73. The van der Waals surface area contributed by atoms with Crippen molar-refractivity contribution in [1.29, 1.82) is 0 Å². The Labute approximate surface area is 147 Å². The number of likely N-dealkylation sites (tertiary alicyclic amines) is 1. The highest BCUT2D eigenvalue weighted by molar-refractivity contribution is 6.31. The summed E-state index contributed by atoms with van der Waals surface area (Å²) in [5.41, 5.74) is 0.238. The van der Waals surface area contributed by atoms with Gasteiger partial charge in [-0.1, -0.05) is 36.2 Å². The highest BCUT2D eigenvalue weighted by atomic mass is 35.5. The summed E-state index contributed by atoms with van der Waals surface area (Å²) in [5, 5.41) is 13.2. The summed E-state index contributed by atoms with van der Waals surface area (Å²) in [7, 11) is 0. The summed E-state index contributed by atoms with van der Waals surface area (Å²) in [6.07, 6.45) is 2.64. The topological polar surface area (TPSA) is 69.6 Å². The number of hydrogen-bond acceptors (Lipinski definition) is 3. The zero-order valence-corrected chi connectivity index (χ0v) is 14.6. The predicted molar refractivity (Wildman–Crippen MR) is 91.9 cm³/mol. The smallest absolute Gasteiger partial charge is 0.311 e. The quantitative estimate of drug-likeness (QED) is 0.856. The number of halogens is 1. The van der Waals surface area contributed by atoms with Crippen molar-refractivity contribution in [1.82, 2.24) is 10.2 Å². The minimum Gasteiger partial charge on any atom is -0.481 e. The summed E-state index contributed by atoms with van der Waals surface area (Å²) < 4.78 is 0. The summed E-state index contributed by atoms with van der Waals surface area (Å²) in [6.45, 7) is 3.30. The van der Waals surface area contributed by atoms with Crippen molar-refractivity contribution in [3.05, 3.63) is 34.9 Å². The maximum absolute atomic E-state index is 12.3. The van der Waals surface area contributed by atoms with E-state index >= 15 is 0 Å². The number of fused-ring (bicyclic) bond motifs is 1. The average molecular weight is 351 g/mol. The standard InChI is InChI=1S/C18H23ClN2O3/c1-12(14-6-2-3-7-15(14)19)20-16(22)10-21-9-13-5-4-8-18(13,11-21)17(23)24/h2-3,6-7,12-13H,4-5,8-11H2,1H3,(H,20,22)(H,23,24)/t12?,13-,18+/m0/s1. The third kappa shape index (κ3) is 3.15. The minimum atomic E-state index is -0.711. The van der Waals surface area contributed by atoms with Crippen LogP contribution in [0.1, 0.15) is 37.8 Å². The lowest BCUT2D eigenvalue weighted by Crippen LogP contribution is -2.40. The Morgan fingerprint density at radius 2 is 2.21 bits per heavy atom. The van der Waals surface area contributed by atoms with Crippen molar-refractivity contribution in [3.8, 4) is 0 Å². The number of benzene rings is 1. The lowest BCUT2D eigenvalue weighted by atomic mass is 9.81. The van der Waals surface area contributed by atoms with Crippen molar-refractivity contribution < 1.29 is 14.7 Å². The number of nitrogens with one attached hydrogen (secondary N) is 1. The van der Waals surface area contributed by atoms with Crippen LogP contribution in [0.3, 0.4) is 0 Å². The van der Waals surface area contributed by atoms with Crippen molar-refractivity contribution in [2.24, 2.45) is 11.3 Å². The lowest BCUT2D eigenvalue weighted by molar-refractivity contribution is -0.149. The first-order valence-electron chi connectivity index (χ1n) is 8.42. The first kappa shape index (κ1) is 17.2. The second-order valence-corrected chi connectivity index (χ2v) is 7.44. The van der Waals surface area contributed by atoms with Gasteiger partial charge < -0.3 is 10.4 Å². The molecule has 1 aliphatic heterocycles. The average Bonchev–Trinajstić information content (AvgIpc) is 3.05. The van der Waals surface area contributed by atoms with Crippen LogP contribution in [0.25, 0.3) is 0 Å². The Bertz CT molecular complexity index is 651. The van der Waals surface area contributed by atoms with Crippen molar-refractivity contribution in [3.63, 3.8) is 0 Å². The third-order valence-electron chi connectivity index (χ3n) is 5.48.